The van der Waals surface area contributed by atoms with Crippen molar-refractivity contribution >= 4 is 11.8 Å². The monoisotopic (exact) mass is 372 g/mol. The lowest BCUT2D eigenvalue weighted by molar-refractivity contribution is 0.0155. The molecule has 0 saturated heterocycles. The van der Waals surface area contributed by atoms with Gasteiger partial charge in [0.25, 0.3) is 0 Å². The van der Waals surface area contributed by atoms with Crippen LogP contribution in [0.5, 0.6) is 11.5 Å². The number of aromatic hydroxyl groups is 2. The van der Waals surface area contributed by atoms with Crippen LogP contribution >= 0.6 is 11.8 Å². The molecule has 0 aliphatic heterocycles. The second-order valence-electron chi connectivity index (χ2n) is 7.24. The number of rotatable bonds is 4. The van der Waals surface area contributed by atoms with E-state index in [1.807, 2.05) is 44.2 Å². The van der Waals surface area contributed by atoms with Crippen LogP contribution in [0.25, 0.3) is 0 Å². The molecule has 0 aromatic heterocycles. The molecule has 0 amide bonds. The molecule has 2 aromatic rings. The Bertz CT molecular complexity index is 862. The SMILES string of the molecule is Cc1cc(=O)c(O)c(O)c2c1C[C@@H](C(C)(O)CSc1ccccc1)CC2. The summed E-state index contributed by atoms with van der Waals surface area (Å²) in [6.45, 7) is 3.67. The van der Waals surface area contributed by atoms with Crippen molar-refractivity contribution in [1.82, 2.24) is 0 Å². The van der Waals surface area contributed by atoms with Crippen molar-refractivity contribution < 1.29 is 15.3 Å². The highest BCUT2D eigenvalue weighted by molar-refractivity contribution is 7.99. The predicted molar refractivity (Wildman–Crippen MR) is 104 cm³/mol. The van der Waals surface area contributed by atoms with Gasteiger partial charge in [-0.15, -0.1) is 11.8 Å². The minimum atomic E-state index is -0.878. The number of aryl methyl sites for hydroxylation is 1. The Labute approximate surface area is 157 Å². The Kier molecular flexibility index (Phi) is 5.30. The van der Waals surface area contributed by atoms with Gasteiger partial charge in [-0.25, -0.2) is 0 Å². The first kappa shape index (κ1) is 18.8. The molecule has 0 spiro atoms. The Morgan fingerprint density at radius 2 is 1.85 bits per heavy atom. The quantitative estimate of drug-likeness (QED) is 0.717. The average molecular weight is 372 g/mol. The summed E-state index contributed by atoms with van der Waals surface area (Å²) in [5, 5.41) is 31.2. The predicted octanol–water partition coefficient (Wildman–Crippen LogP) is 3.41. The van der Waals surface area contributed by atoms with E-state index in [0.29, 0.717) is 30.6 Å². The van der Waals surface area contributed by atoms with Gasteiger partial charge in [-0.05, 0) is 68.4 Å². The molecule has 5 heteroatoms. The van der Waals surface area contributed by atoms with Crippen LogP contribution in [0.3, 0.4) is 0 Å². The zero-order chi connectivity index (χ0) is 18.9. The molecule has 4 nitrogen and oxygen atoms in total. The van der Waals surface area contributed by atoms with Crippen molar-refractivity contribution in [3.63, 3.8) is 0 Å². The van der Waals surface area contributed by atoms with Crippen LogP contribution in [-0.2, 0) is 12.8 Å². The fraction of sp³-hybridized carbons (Fsp3) is 0.381. The number of benzene rings is 1. The van der Waals surface area contributed by atoms with E-state index in [2.05, 4.69) is 0 Å². The zero-order valence-corrected chi connectivity index (χ0v) is 15.8. The molecule has 0 radical (unpaired) electrons. The second kappa shape index (κ2) is 7.33. The maximum atomic E-state index is 11.9. The minimum absolute atomic E-state index is 0.0176. The molecular weight excluding hydrogens is 348 g/mol. The summed E-state index contributed by atoms with van der Waals surface area (Å²) in [6, 6.07) is 11.3. The first-order valence-corrected chi connectivity index (χ1v) is 9.76. The van der Waals surface area contributed by atoms with E-state index in [4.69, 9.17) is 0 Å². The Hall–Kier alpha value is -1.98. The summed E-state index contributed by atoms with van der Waals surface area (Å²) in [5.41, 5.74) is 0.789. The highest BCUT2D eigenvalue weighted by Crippen LogP contribution is 2.40. The first-order chi connectivity index (χ1) is 12.3. The van der Waals surface area contributed by atoms with E-state index in [1.54, 1.807) is 11.8 Å². The molecule has 0 saturated carbocycles. The first-order valence-electron chi connectivity index (χ1n) is 8.77. The third-order valence-electron chi connectivity index (χ3n) is 5.28. The van der Waals surface area contributed by atoms with E-state index in [9.17, 15) is 20.1 Å². The molecule has 0 fully saturated rings. The van der Waals surface area contributed by atoms with Crippen LogP contribution in [-0.4, -0.2) is 26.7 Å². The Morgan fingerprint density at radius 1 is 1.15 bits per heavy atom. The van der Waals surface area contributed by atoms with E-state index >= 15 is 0 Å². The topological polar surface area (TPSA) is 77.8 Å². The van der Waals surface area contributed by atoms with Gasteiger partial charge in [-0.3, -0.25) is 4.79 Å². The Balaban J connectivity index is 1.84. The van der Waals surface area contributed by atoms with Gasteiger partial charge in [0.05, 0.1) is 5.60 Å². The van der Waals surface area contributed by atoms with Gasteiger partial charge in [0.15, 0.2) is 5.75 Å². The number of fused-ring (bicyclic) bond motifs is 1. The molecule has 1 aliphatic rings. The minimum Gasteiger partial charge on any atom is -0.504 e. The summed E-state index contributed by atoms with van der Waals surface area (Å²) >= 11 is 1.62. The lowest BCUT2D eigenvalue weighted by Gasteiger charge is -2.36. The van der Waals surface area contributed by atoms with Gasteiger partial charge >= 0.3 is 0 Å². The Morgan fingerprint density at radius 3 is 2.54 bits per heavy atom. The third-order valence-corrected chi connectivity index (χ3v) is 6.61. The van der Waals surface area contributed by atoms with Gasteiger partial charge in [0, 0.05) is 16.2 Å². The molecule has 3 N–H and O–H groups in total. The van der Waals surface area contributed by atoms with E-state index in [0.717, 1.165) is 16.0 Å². The highest BCUT2D eigenvalue weighted by atomic mass is 32.2. The summed E-state index contributed by atoms with van der Waals surface area (Å²) in [7, 11) is 0. The highest BCUT2D eigenvalue weighted by Gasteiger charge is 2.36. The number of hydrogen-bond donors (Lipinski definition) is 3. The van der Waals surface area contributed by atoms with Gasteiger partial charge < -0.3 is 15.3 Å². The van der Waals surface area contributed by atoms with E-state index < -0.39 is 16.8 Å². The van der Waals surface area contributed by atoms with Crippen LogP contribution in [0.1, 0.15) is 30.0 Å². The van der Waals surface area contributed by atoms with Crippen molar-refractivity contribution in [2.45, 2.75) is 43.6 Å². The number of hydrogen-bond acceptors (Lipinski definition) is 5. The van der Waals surface area contributed by atoms with Gasteiger partial charge in [-0.2, -0.15) is 0 Å². The van der Waals surface area contributed by atoms with Gasteiger partial charge in [0.1, 0.15) is 0 Å². The molecule has 2 aromatic carbocycles. The van der Waals surface area contributed by atoms with Crippen molar-refractivity contribution in [2.75, 3.05) is 5.75 Å². The lowest BCUT2D eigenvalue weighted by Crippen LogP contribution is -2.40. The number of thioether (sulfide) groups is 1. The van der Waals surface area contributed by atoms with Crippen LogP contribution in [0.15, 0.2) is 46.1 Å². The zero-order valence-electron chi connectivity index (χ0n) is 15.0. The van der Waals surface area contributed by atoms with Crippen molar-refractivity contribution in [2.24, 2.45) is 5.92 Å². The van der Waals surface area contributed by atoms with Gasteiger partial charge in [-0.1, -0.05) is 18.2 Å². The van der Waals surface area contributed by atoms with Crippen molar-refractivity contribution in [1.29, 1.82) is 0 Å². The molecule has 0 bridgehead atoms. The maximum absolute atomic E-state index is 11.9. The fourth-order valence-corrected chi connectivity index (χ4v) is 4.65. The maximum Gasteiger partial charge on any atom is 0.224 e. The van der Waals surface area contributed by atoms with Crippen LogP contribution in [0.4, 0.5) is 0 Å². The van der Waals surface area contributed by atoms with Crippen LogP contribution in [0.2, 0.25) is 0 Å². The molecule has 26 heavy (non-hydrogen) atoms. The lowest BCUT2D eigenvalue weighted by atomic mass is 9.75. The third kappa shape index (κ3) is 3.74. The second-order valence-corrected chi connectivity index (χ2v) is 8.29. The summed E-state index contributed by atoms with van der Waals surface area (Å²) in [4.78, 5) is 13.0. The molecule has 1 unspecified atom stereocenters. The van der Waals surface area contributed by atoms with E-state index in [1.165, 1.54) is 6.07 Å². The van der Waals surface area contributed by atoms with Crippen molar-refractivity contribution in [3.8, 4) is 11.5 Å². The molecule has 0 heterocycles. The van der Waals surface area contributed by atoms with Gasteiger partial charge in [0.2, 0.25) is 11.2 Å². The normalized spacial score (nSPS) is 18.8. The molecular formula is C21H24O4S. The number of aliphatic hydroxyl groups is 1. The van der Waals surface area contributed by atoms with Crippen LogP contribution < -0.4 is 5.43 Å². The largest absolute Gasteiger partial charge is 0.504 e. The molecule has 138 valence electrons. The van der Waals surface area contributed by atoms with E-state index in [-0.39, 0.29) is 11.7 Å². The van der Waals surface area contributed by atoms with Crippen LogP contribution in [0, 0.1) is 12.8 Å². The average Bonchev–Trinajstić information content (AvgIpc) is 2.72. The standard InChI is InChI=1S/C21H24O4S/c1-13-10-18(22)20(24)19(23)16-9-8-14(11-17(13)16)21(2,25)12-26-15-6-4-3-5-7-15/h3-7,10,14,25H,8-9,11-12H2,1-2H3,(H2,22,23,24)/t14-,21?/m0/s1. The molecule has 2 atom stereocenters. The molecule has 1 aliphatic carbocycles. The summed E-state index contributed by atoms with van der Waals surface area (Å²) in [5.74, 6) is -0.308. The molecule has 3 rings (SSSR count). The van der Waals surface area contributed by atoms with Crippen molar-refractivity contribution in [3.05, 3.63) is 63.3 Å². The summed E-state index contributed by atoms with van der Waals surface area (Å²) < 4.78 is 0. The fourth-order valence-electron chi connectivity index (χ4n) is 3.61. The summed E-state index contributed by atoms with van der Waals surface area (Å²) in [6.07, 6.45) is 1.80. The smallest absolute Gasteiger partial charge is 0.224 e.